The fraction of sp³-hybridized carbons (Fsp3) is 0.533. The predicted molar refractivity (Wildman–Crippen MR) is 149 cm³/mol. The van der Waals surface area contributed by atoms with Crippen LogP contribution in [0.1, 0.15) is 62.2 Å². The van der Waals surface area contributed by atoms with Crippen LogP contribution in [0.3, 0.4) is 0 Å². The van der Waals surface area contributed by atoms with Gasteiger partial charge in [-0.1, -0.05) is 55.2 Å². The van der Waals surface area contributed by atoms with Gasteiger partial charge in [0, 0.05) is 26.1 Å². The Bertz CT molecular complexity index is 1260. The molecular weight excluding hydrogens is 494 g/mol. The van der Waals surface area contributed by atoms with Gasteiger partial charge in [-0.25, -0.2) is 4.68 Å². The Labute approximate surface area is 230 Å². The third kappa shape index (κ3) is 6.58. The Kier molecular flexibility index (Phi) is 9.08. The largest absolute Gasteiger partial charge is 0.485 e. The molecule has 3 heterocycles. The summed E-state index contributed by atoms with van der Waals surface area (Å²) in [7, 11) is 0. The molecule has 2 aromatic carbocycles. The molecule has 0 bridgehead atoms. The number of rotatable bonds is 4. The van der Waals surface area contributed by atoms with E-state index in [0.29, 0.717) is 50.5 Å². The van der Waals surface area contributed by atoms with Crippen molar-refractivity contribution >= 4 is 22.8 Å². The van der Waals surface area contributed by atoms with E-state index in [-0.39, 0.29) is 24.0 Å². The molecule has 0 N–H and O–H groups in total. The van der Waals surface area contributed by atoms with Gasteiger partial charge in [-0.15, -0.1) is 5.10 Å². The van der Waals surface area contributed by atoms with Crippen LogP contribution < -0.4 is 4.74 Å². The molecule has 2 aliphatic heterocycles. The van der Waals surface area contributed by atoms with Crippen LogP contribution in [0.2, 0.25) is 0 Å². The quantitative estimate of drug-likeness (QED) is 0.497. The Morgan fingerprint density at radius 2 is 1.69 bits per heavy atom. The second kappa shape index (κ2) is 13.1. The smallest absolute Gasteiger partial charge is 0.257 e. The number of carbonyl (C=O) groups is 2. The van der Waals surface area contributed by atoms with Gasteiger partial charge in [-0.3, -0.25) is 9.59 Å². The Balaban J connectivity index is 1.30. The number of para-hydroxylation sites is 2. The number of benzene rings is 2. The van der Waals surface area contributed by atoms with E-state index in [1.165, 1.54) is 12.8 Å². The van der Waals surface area contributed by atoms with Crippen molar-refractivity contribution in [1.29, 1.82) is 0 Å². The van der Waals surface area contributed by atoms with E-state index in [1.54, 1.807) is 4.68 Å². The number of hydrogen-bond acceptors (Lipinski definition) is 6. The first kappa shape index (κ1) is 27.1. The Morgan fingerprint density at radius 1 is 0.949 bits per heavy atom. The van der Waals surface area contributed by atoms with Gasteiger partial charge in [-0.05, 0) is 44.0 Å². The van der Waals surface area contributed by atoms with Crippen molar-refractivity contribution in [3.05, 3.63) is 54.1 Å². The first-order chi connectivity index (χ1) is 19.1. The lowest BCUT2D eigenvalue weighted by Crippen LogP contribution is -2.35. The van der Waals surface area contributed by atoms with Gasteiger partial charge in [0.1, 0.15) is 23.5 Å². The number of aryl methyl sites for hydroxylation is 1. The molecule has 2 aliphatic rings. The van der Waals surface area contributed by atoms with E-state index >= 15 is 0 Å². The molecule has 1 fully saturated rings. The average Bonchev–Trinajstić information content (AvgIpc) is 3.56. The first-order valence-corrected chi connectivity index (χ1v) is 14.4. The highest BCUT2D eigenvalue weighted by Crippen LogP contribution is 2.27. The molecule has 39 heavy (non-hydrogen) atoms. The van der Waals surface area contributed by atoms with Crippen molar-refractivity contribution in [3.63, 3.8) is 0 Å². The summed E-state index contributed by atoms with van der Waals surface area (Å²) in [6.45, 7) is 5.42. The zero-order valence-corrected chi connectivity index (χ0v) is 22.8. The van der Waals surface area contributed by atoms with Crippen LogP contribution in [-0.4, -0.2) is 81.6 Å². The van der Waals surface area contributed by atoms with Crippen LogP contribution in [-0.2, 0) is 16.1 Å². The van der Waals surface area contributed by atoms with Gasteiger partial charge in [-0.2, -0.15) is 0 Å². The summed E-state index contributed by atoms with van der Waals surface area (Å²) in [6, 6.07) is 15.2. The molecule has 1 saturated heterocycles. The van der Waals surface area contributed by atoms with Gasteiger partial charge >= 0.3 is 0 Å². The van der Waals surface area contributed by atoms with E-state index in [4.69, 9.17) is 9.47 Å². The molecule has 3 aromatic rings. The van der Waals surface area contributed by atoms with Crippen molar-refractivity contribution < 1.29 is 19.1 Å². The minimum absolute atomic E-state index is 0.0105. The third-order valence-electron chi connectivity index (χ3n) is 7.74. The van der Waals surface area contributed by atoms with Crippen molar-refractivity contribution in [2.24, 2.45) is 0 Å². The molecule has 9 nitrogen and oxygen atoms in total. The predicted octanol–water partition coefficient (Wildman–Crippen LogP) is 4.31. The van der Waals surface area contributed by atoms with Crippen molar-refractivity contribution in [2.75, 3.05) is 32.8 Å². The summed E-state index contributed by atoms with van der Waals surface area (Å²) < 4.78 is 14.6. The van der Waals surface area contributed by atoms with Gasteiger partial charge in [0.2, 0.25) is 5.91 Å². The first-order valence-electron chi connectivity index (χ1n) is 14.4. The third-order valence-corrected chi connectivity index (χ3v) is 7.74. The van der Waals surface area contributed by atoms with Crippen molar-refractivity contribution in [3.8, 4) is 5.75 Å². The highest BCUT2D eigenvalue weighted by molar-refractivity contribution is 5.97. The molecule has 1 aromatic heterocycles. The highest BCUT2D eigenvalue weighted by Gasteiger charge is 2.38. The summed E-state index contributed by atoms with van der Waals surface area (Å²) in [5, 5.41) is 8.40. The second-order valence-electron chi connectivity index (χ2n) is 10.4. The second-order valence-corrected chi connectivity index (χ2v) is 10.4. The van der Waals surface area contributed by atoms with Gasteiger partial charge in [0.15, 0.2) is 0 Å². The number of aromatic nitrogens is 3. The summed E-state index contributed by atoms with van der Waals surface area (Å²) in [6.07, 6.45) is 6.28. The van der Waals surface area contributed by atoms with E-state index in [2.05, 4.69) is 10.3 Å². The molecule has 9 heteroatoms. The summed E-state index contributed by atoms with van der Waals surface area (Å²) >= 11 is 0. The minimum atomic E-state index is -0.349. The van der Waals surface area contributed by atoms with Crippen LogP contribution in [0.5, 0.6) is 5.75 Å². The van der Waals surface area contributed by atoms with E-state index < -0.39 is 0 Å². The lowest BCUT2D eigenvalue weighted by molar-refractivity contribution is -0.131. The van der Waals surface area contributed by atoms with Gasteiger partial charge in [0.05, 0.1) is 30.7 Å². The maximum atomic E-state index is 13.5. The van der Waals surface area contributed by atoms with Crippen molar-refractivity contribution in [1.82, 2.24) is 24.8 Å². The molecule has 2 amide bonds. The molecule has 208 valence electrons. The summed E-state index contributed by atoms with van der Waals surface area (Å²) in [4.78, 5) is 30.5. The minimum Gasteiger partial charge on any atom is -0.485 e. The van der Waals surface area contributed by atoms with Crippen LogP contribution in [0.4, 0.5) is 0 Å². The highest BCUT2D eigenvalue weighted by atomic mass is 16.5. The molecule has 0 radical (unpaired) electrons. The molecule has 0 aliphatic carbocycles. The van der Waals surface area contributed by atoms with Gasteiger partial charge in [0.25, 0.3) is 5.91 Å². The van der Waals surface area contributed by atoms with Gasteiger partial charge < -0.3 is 19.3 Å². The van der Waals surface area contributed by atoms with Crippen LogP contribution in [0, 0.1) is 0 Å². The van der Waals surface area contributed by atoms with E-state index in [0.717, 1.165) is 43.3 Å². The number of nitrogens with zero attached hydrogens (tertiary/aromatic N) is 5. The molecule has 0 spiro atoms. The van der Waals surface area contributed by atoms with Crippen LogP contribution in [0.25, 0.3) is 11.0 Å². The summed E-state index contributed by atoms with van der Waals surface area (Å²) in [5.74, 6) is 0.570. The molecule has 5 rings (SSSR count). The van der Waals surface area contributed by atoms with E-state index in [9.17, 15) is 9.59 Å². The fourth-order valence-corrected chi connectivity index (χ4v) is 5.49. The van der Waals surface area contributed by atoms with Crippen molar-refractivity contribution in [2.45, 2.75) is 70.6 Å². The van der Waals surface area contributed by atoms with Crippen LogP contribution in [0.15, 0.2) is 48.5 Å². The normalized spacial score (nSPS) is 21.4. The molecular formula is C30H39N5O4. The molecule has 0 unspecified atom stereocenters. The standard InChI is InChI=1S/C30H39N5O4/c1-2-33-18-11-5-3-4-6-12-20-38-27-21-34(22-28(27)39-26-16-10-7-13-23(26)30(33)37)29(36)17-19-35-25-15-9-8-14-24(25)31-32-35/h7-10,13-16,27-28H,2-6,11-12,17-22H2,1H3/t27-,28-/m1/s1. The lowest BCUT2D eigenvalue weighted by atomic mass is 10.1. The molecule has 0 saturated carbocycles. The number of hydrogen-bond donors (Lipinski definition) is 0. The van der Waals surface area contributed by atoms with Crippen LogP contribution >= 0.6 is 0 Å². The Hall–Kier alpha value is -3.46. The topological polar surface area (TPSA) is 89.8 Å². The number of fused-ring (bicyclic) bond motifs is 3. The average molecular weight is 534 g/mol. The number of amides is 2. The van der Waals surface area contributed by atoms with E-state index in [1.807, 2.05) is 65.3 Å². The summed E-state index contributed by atoms with van der Waals surface area (Å²) in [5.41, 5.74) is 2.30. The fourth-order valence-electron chi connectivity index (χ4n) is 5.49. The monoisotopic (exact) mass is 533 g/mol. The molecule has 2 atom stereocenters. The Morgan fingerprint density at radius 3 is 2.56 bits per heavy atom. The zero-order valence-electron chi connectivity index (χ0n) is 22.8. The SMILES string of the molecule is CCN1CCCCCCCCO[C@@H]2CN(C(=O)CCn3nnc4ccccc43)C[C@H]2Oc2ccccc2C1=O. The lowest BCUT2D eigenvalue weighted by Gasteiger charge is -2.25. The zero-order chi connectivity index (χ0) is 27.0. The maximum Gasteiger partial charge on any atom is 0.257 e. The number of likely N-dealkylation sites (tertiary alicyclic amines) is 1. The number of ether oxygens (including phenoxy) is 2. The number of carbonyl (C=O) groups excluding carboxylic acids is 2. The maximum absolute atomic E-state index is 13.5.